The Bertz CT molecular complexity index is 627. The van der Waals surface area contributed by atoms with Gasteiger partial charge in [-0.05, 0) is 73.8 Å². The summed E-state index contributed by atoms with van der Waals surface area (Å²) in [4.78, 5) is 0. The minimum absolute atomic E-state index is 0.138. The third-order valence-electron chi connectivity index (χ3n) is 2.83. The Morgan fingerprint density at radius 3 is 2.57 bits per heavy atom. The summed E-state index contributed by atoms with van der Waals surface area (Å²) in [7, 11) is 1.84. The summed E-state index contributed by atoms with van der Waals surface area (Å²) in [6.07, 6.45) is 0.138. The number of nitrogens with zero attached hydrogens (tertiary/aromatic N) is 4. The van der Waals surface area contributed by atoms with E-state index in [2.05, 4.69) is 64.8 Å². The lowest BCUT2D eigenvalue weighted by Crippen LogP contribution is -2.17. The van der Waals surface area contributed by atoms with Crippen molar-refractivity contribution in [2.45, 2.75) is 31.7 Å². The van der Waals surface area contributed by atoms with Crippen LogP contribution >= 0.6 is 43.6 Å². The number of nitrogens with one attached hydrogen (secondary N) is 1. The Morgan fingerprint density at radius 2 is 2.00 bits per heavy atom. The second kappa shape index (κ2) is 9.00. The van der Waals surface area contributed by atoms with Crippen LogP contribution in [-0.4, -0.2) is 38.6 Å². The van der Waals surface area contributed by atoms with Crippen LogP contribution in [0.4, 0.5) is 0 Å². The van der Waals surface area contributed by atoms with E-state index in [1.165, 1.54) is 5.56 Å². The van der Waals surface area contributed by atoms with Crippen LogP contribution in [0, 0.1) is 0 Å². The second-order valence-corrected chi connectivity index (χ2v) is 7.94. The van der Waals surface area contributed by atoms with Crippen molar-refractivity contribution in [3.8, 4) is 5.75 Å². The quantitative estimate of drug-likeness (QED) is 0.477. The molecule has 126 valence electrons. The van der Waals surface area contributed by atoms with Crippen LogP contribution in [0.5, 0.6) is 5.75 Å². The van der Waals surface area contributed by atoms with Crippen molar-refractivity contribution in [1.82, 2.24) is 25.5 Å². The molecular weight excluding hydrogens is 446 g/mol. The molecule has 23 heavy (non-hydrogen) atoms. The van der Waals surface area contributed by atoms with Crippen LogP contribution in [0.2, 0.25) is 0 Å². The van der Waals surface area contributed by atoms with Crippen LogP contribution < -0.4 is 10.1 Å². The van der Waals surface area contributed by atoms with Crippen molar-refractivity contribution in [3.63, 3.8) is 0 Å². The number of aryl methyl sites for hydroxylation is 1. The molecule has 0 aliphatic heterocycles. The van der Waals surface area contributed by atoms with Crippen LogP contribution in [0.1, 0.15) is 19.4 Å². The van der Waals surface area contributed by atoms with Gasteiger partial charge in [0, 0.05) is 25.9 Å². The number of halogens is 2. The van der Waals surface area contributed by atoms with Gasteiger partial charge in [0.15, 0.2) is 0 Å². The highest BCUT2D eigenvalue weighted by Crippen LogP contribution is 2.35. The van der Waals surface area contributed by atoms with Gasteiger partial charge in [0.1, 0.15) is 5.75 Å². The number of ether oxygens (including phenoxy) is 1. The lowest BCUT2D eigenvalue weighted by atomic mass is 10.2. The van der Waals surface area contributed by atoms with E-state index in [9.17, 15) is 0 Å². The normalized spacial score (nSPS) is 11.2. The number of thioether (sulfide) groups is 1. The van der Waals surface area contributed by atoms with Gasteiger partial charge in [-0.25, -0.2) is 4.68 Å². The summed E-state index contributed by atoms with van der Waals surface area (Å²) in [5, 5.41) is 15.6. The van der Waals surface area contributed by atoms with Crippen molar-refractivity contribution in [3.05, 3.63) is 26.6 Å². The second-order valence-electron chi connectivity index (χ2n) is 5.17. The van der Waals surface area contributed by atoms with Crippen LogP contribution in [-0.2, 0) is 13.6 Å². The molecule has 2 rings (SSSR count). The van der Waals surface area contributed by atoms with Gasteiger partial charge in [-0.2, -0.15) is 0 Å². The molecule has 0 saturated heterocycles. The largest absolute Gasteiger partial charge is 0.489 e. The zero-order valence-corrected chi connectivity index (χ0v) is 17.2. The fourth-order valence-corrected chi connectivity index (χ4v) is 4.07. The molecule has 2 aromatic rings. The first-order chi connectivity index (χ1) is 11.0. The highest BCUT2D eigenvalue weighted by molar-refractivity contribution is 9.11. The predicted molar refractivity (Wildman–Crippen MR) is 98.8 cm³/mol. The highest BCUT2D eigenvalue weighted by atomic mass is 79.9. The van der Waals surface area contributed by atoms with Gasteiger partial charge >= 0.3 is 0 Å². The summed E-state index contributed by atoms with van der Waals surface area (Å²) in [5.74, 6) is 1.75. The average Bonchev–Trinajstić information content (AvgIpc) is 2.88. The highest BCUT2D eigenvalue weighted by Gasteiger charge is 2.10. The predicted octanol–water partition coefficient (Wildman–Crippen LogP) is 3.40. The Kier molecular flexibility index (Phi) is 7.32. The fraction of sp³-hybridized carbons (Fsp3) is 0.500. The molecule has 1 heterocycles. The molecule has 0 atom stereocenters. The number of rotatable bonds is 8. The number of tetrazole rings is 1. The molecular formula is C14H19Br2N5OS. The SMILES string of the molecule is CC(C)Oc1c(Br)cc(CNCCSc2nnnn2C)cc1Br. The first-order valence-corrected chi connectivity index (χ1v) is 9.75. The Morgan fingerprint density at radius 1 is 1.30 bits per heavy atom. The van der Waals surface area contributed by atoms with Crippen LogP contribution in [0.25, 0.3) is 0 Å². The molecule has 0 radical (unpaired) electrons. The van der Waals surface area contributed by atoms with Gasteiger partial charge in [0.25, 0.3) is 0 Å². The van der Waals surface area contributed by atoms with Gasteiger partial charge in [0.2, 0.25) is 5.16 Å². The van der Waals surface area contributed by atoms with Crippen molar-refractivity contribution in [2.75, 3.05) is 12.3 Å². The molecule has 0 aliphatic rings. The lowest BCUT2D eigenvalue weighted by molar-refractivity contribution is 0.239. The van der Waals surface area contributed by atoms with E-state index in [-0.39, 0.29) is 6.10 Å². The molecule has 6 nitrogen and oxygen atoms in total. The molecule has 0 fully saturated rings. The maximum atomic E-state index is 5.79. The molecule has 0 spiro atoms. The van der Waals surface area contributed by atoms with Gasteiger partial charge in [0.05, 0.1) is 15.0 Å². The van der Waals surface area contributed by atoms with E-state index in [4.69, 9.17) is 4.74 Å². The van der Waals surface area contributed by atoms with Crippen LogP contribution in [0.3, 0.4) is 0 Å². The smallest absolute Gasteiger partial charge is 0.209 e. The molecule has 0 amide bonds. The topological polar surface area (TPSA) is 64.9 Å². The van der Waals surface area contributed by atoms with Gasteiger partial charge in [-0.15, -0.1) is 5.10 Å². The van der Waals surface area contributed by atoms with E-state index in [0.29, 0.717) is 0 Å². The van der Waals surface area contributed by atoms with Crippen LogP contribution in [0.15, 0.2) is 26.2 Å². The summed E-state index contributed by atoms with van der Waals surface area (Å²) in [6.45, 7) is 5.69. The third kappa shape index (κ3) is 5.74. The monoisotopic (exact) mass is 463 g/mol. The van der Waals surface area contributed by atoms with E-state index < -0.39 is 0 Å². The molecule has 0 aliphatic carbocycles. The first-order valence-electron chi connectivity index (χ1n) is 7.18. The fourth-order valence-electron chi connectivity index (χ4n) is 1.85. The molecule has 1 aromatic carbocycles. The number of aromatic nitrogens is 4. The standard InChI is InChI=1S/C14H19Br2N5OS/c1-9(2)22-13-11(15)6-10(7-12(13)16)8-17-4-5-23-14-18-19-20-21(14)3/h6-7,9,17H,4-5,8H2,1-3H3. The summed E-state index contributed by atoms with van der Waals surface area (Å²) < 4.78 is 9.37. The molecule has 0 bridgehead atoms. The Balaban J connectivity index is 1.80. The van der Waals surface area contributed by atoms with Crippen molar-refractivity contribution < 1.29 is 4.74 Å². The molecule has 0 saturated carbocycles. The van der Waals surface area contributed by atoms with Gasteiger partial charge in [-0.1, -0.05) is 11.8 Å². The van der Waals surface area contributed by atoms with E-state index in [1.807, 2.05) is 20.9 Å². The molecule has 1 N–H and O–H groups in total. The zero-order chi connectivity index (χ0) is 16.8. The Hall–Kier alpha value is -0.640. The maximum Gasteiger partial charge on any atom is 0.209 e. The van der Waals surface area contributed by atoms with Crippen molar-refractivity contribution in [1.29, 1.82) is 0 Å². The molecule has 0 unspecified atom stereocenters. The minimum atomic E-state index is 0.138. The summed E-state index contributed by atoms with van der Waals surface area (Å²) in [6, 6.07) is 4.16. The van der Waals surface area contributed by atoms with Gasteiger partial charge < -0.3 is 10.1 Å². The molecule has 9 heteroatoms. The number of benzene rings is 1. The number of hydrogen-bond acceptors (Lipinski definition) is 6. The summed E-state index contributed by atoms with van der Waals surface area (Å²) >= 11 is 8.77. The van der Waals surface area contributed by atoms with Gasteiger partial charge in [-0.3, -0.25) is 0 Å². The van der Waals surface area contributed by atoms with Crippen molar-refractivity contribution in [2.24, 2.45) is 7.05 Å². The lowest BCUT2D eigenvalue weighted by Gasteiger charge is -2.15. The average molecular weight is 465 g/mol. The number of hydrogen-bond donors (Lipinski definition) is 1. The third-order valence-corrected chi connectivity index (χ3v) is 5.02. The maximum absolute atomic E-state index is 5.79. The van der Waals surface area contributed by atoms with Crippen molar-refractivity contribution >= 4 is 43.6 Å². The minimum Gasteiger partial charge on any atom is -0.489 e. The zero-order valence-electron chi connectivity index (χ0n) is 13.2. The van der Waals surface area contributed by atoms with E-state index in [1.54, 1.807) is 16.4 Å². The summed E-state index contributed by atoms with van der Waals surface area (Å²) in [5.41, 5.74) is 1.19. The first kappa shape index (κ1) is 18.7. The van der Waals surface area contributed by atoms with E-state index >= 15 is 0 Å². The molecule has 1 aromatic heterocycles. The Labute approximate surface area is 157 Å². The van der Waals surface area contributed by atoms with E-state index in [0.717, 1.165) is 38.7 Å².